The molecule has 142 valence electrons. The maximum absolute atomic E-state index is 10.3. The van der Waals surface area contributed by atoms with Gasteiger partial charge in [0.2, 0.25) is 0 Å². The molecule has 4 atom stereocenters. The summed E-state index contributed by atoms with van der Waals surface area (Å²) in [4.78, 5) is 0. The fraction of sp³-hybridized carbons (Fsp3) is 0.364. The average Bonchev–Trinajstić information content (AvgIpc) is 3.17. The molecule has 0 unspecified atom stereocenters. The molecule has 27 heavy (non-hydrogen) atoms. The van der Waals surface area contributed by atoms with Gasteiger partial charge >= 0.3 is 0 Å². The molecule has 2 aromatic carbocycles. The van der Waals surface area contributed by atoms with Crippen LogP contribution >= 0.6 is 0 Å². The van der Waals surface area contributed by atoms with Crippen LogP contribution in [0.1, 0.15) is 25.0 Å². The fourth-order valence-corrected chi connectivity index (χ4v) is 3.78. The van der Waals surface area contributed by atoms with Crippen LogP contribution in [0.5, 0.6) is 0 Å². The van der Waals surface area contributed by atoms with Gasteiger partial charge in [0.25, 0.3) is 0 Å². The van der Waals surface area contributed by atoms with Crippen molar-refractivity contribution in [3.63, 3.8) is 0 Å². The van der Waals surface area contributed by atoms with E-state index < -0.39 is 36.8 Å². The number of aliphatic hydroxyl groups excluding tert-OH is 2. The van der Waals surface area contributed by atoms with Crippen LogP contribution in [-0.4, -0.2) is 47.0 Å². The van der Waals surface area contributed by atoms with E-state index >= 15 is 0 Å². The monoisotopic (exact) mass is 368 g/mol. The van der Waals surface area contributed by atoms with Crippen LogP contribution in [0.2, 0.25) is 0 Å². The van der Waals surface area contributed by atoms with Gasteiger partial charge in [0.15, 0.2) is 11.9 Å². The van der Waals surface area contributed by atoms with Crippen molar-refractivity contribution < 1.29 is 24.4 Å². The molecule has 2 fully saturated rings. The Kier molecular flexibility index (Phi) is 4.78. The van der Waals surface area contributed by atoms with Gasteiger partial charge < -0.3 is 24.4 Å². The van der Waals surface area contributed by atoms with Crippen LogP contribution < -0.4 is 0 Å². The van der Waals surface area contributed by atoms with Crippen molar-refractivity contribution in [1.82, 2.24) is 0 Å². The lowest BCUT2D eigenvalue weighted by molar-refractivity contribution is -0.176. The Morgan fingerprint density at radius 2 is 1.52 bits per heavy atom. The topological polar surface area (TPSA) is 68.2 Å². The van der Waals surface area contributed by atoms with Crippen LogP contribution in [0.4, 0.5) is 0 Å². The summed E-state index contributed by atoms with van der Waals surface area (Å²) in [7, 11) is 0. The van der Waals surface area contributed by atoms with Gasteiger partial charge in [-0.3, -0.25) is 0 Å². The highest BCUT2D eigenvalue weighted by Crippen LogP contribution is 2.45. The Morgan fingerprint density at radius 3 is 2.04 bits per heavy atom. The summed E-state index contributed by atoms with van der Waals surface area (Å²) in [6.45, 7) is 3.28. The van der Waals surface area contributed by atoms with Crippen molar-refractivity contribution in [2.75, 3.05) is 6.61 Å². The average molecular weight is 368 g/mol. The lowest BCUT2D eigenvalue weighted by Crippen LogP contribution is -2.40. The summed E-state index contributed by atoms with van der Waals surface area (Å²) < 4.78 is 18.3. The minimum absolute atomic E-state index is 0.406. The SMILES string of the molecule is CC1(C)O[C@@H]2[C@H]([C@H](O)CO)OC(=C(c3ccccc3)c3ccccc3)[C@@H]2O1. The van der Waals surface area contributed by atoms with E-state index in [0.717, 1.165) is 16.7 Å². The first-order valence-electron chi connectivity index (χ1n) is 9.16. The molecule has 5 nitrogen and oxygen atoms in total. The van der Waals surface area contributed by atoms with Crippen LogP contribution in [-0.2, 0) is 14.2 Å². The minimum atomic E-state index is -1.06. The van der Waals surface area contributed by atoms with Crippen molar-refractivity contribution >= 4 is 5.57 Å². The van der Waals surface area contributed by atoms with E-state index in [1.54, 1.807) is 0 Å². The van der Waals surface area contributed by atoms with Gasteiger partial charge in [0.05, 0.1) is 6.61 Å². The van der Waals surface area contributed by atoms with Crippen molar-refractivity contribution in [3.8, 4) is 0 Å². The molecule has 0 radical (unpaired) electrons. The second-order valence-electron chi connectivity index (χ2n) is 7.32. The Balaban J connectivity index is 1.88. The lowest BCUT2D eigenvalue weighted by atomic mass is 9.94. The number of aliphatic hydroxyl groups is 2. The standard InChI is InChI=1S/C22H24O5/c1-22(2)26-20-18(16(24)13-23)25-19(21(20)27-22)17(14-9-5-3-6-10-14)15-11-7-4-8-12-15/h3-12,16,18,20-21,23-24H,13H2,1-2H3/t16-,18+,20-,21+/m1/s1. The molecule has 0 aliphatic carbocycles. The normalized spacial score (nSPS) is 27.1. The molecular formula is C22H24O5. The highest BCUT2D eigenvalue weighted by Gasteiger charge is 2.56. The Bertz CT molecular complexity index is 774. The largest absolute Gasteiger partial charge is 0.486 e. The molecule has 0 aromatic heterocycles. The van der Waals surface area contributed by atoms with Crippen LogP contribution in [0.25, 0.3) is 5.57 Å². The minimum Gasteiger partial charge on any atom is -0.486 e. The smallest absolute Gasteiger partial charge is 0.164 e. The second kappa shape index (κ2) is 7.09. The van der Waals surface area contributed by atoms with E-state index in [9.17, 15) is 10.2 Å². The van der Waals surface area contributed by atoms with E-state index in [0.29, 0.717) is 5.76 Å². The molecule has 0 saturated carbocycles. The number of ether oxygens (including phenoxy) is 3. The first kappa shape index (κ1) is 18.2. The lowest BCUT2D eigenvalue weighted by Gasteiger charge is -2.25. The molecule has 2 heterocycles. The molecule has 2 aromatic rings. The number of rotatable bonds is 4. The van der Waals surface area contributed by atoms with Gasteiger partial charge in [-0.15, -0.1) is 0 Å². The summed E-state index contributed by atoms with van der Waals surface area (Å²) in [6, 6.07) is 19.9. The number of hydrogen-bond donors (Lipinski definition) is 2. The van der Waals surface area contributed by atoms with Crippen molar-refractivity contribution in [2.24, 2.45) is 0 Å². The highest BCUT2D eigenvalue weighted by atomic mass is 16.8. The number of benzene rings is 2. The van der Waals surface area contributed by atoms with Crippen molar-refractivity contribution in [1.29, 1.82) is 0 Å². The van der Waals surface area contributed by atoms with Crippen LogP contribution in [0.3, 0.4) is 0 Å². The summed E-state index contributed by atoms with van der Waals surface area (Å²) in [5.41, 5.74) is 2.88. The fourth-order valence-electron chi connectivity index (χ4n) is 3.78. The molecule has 2 saturated heterocycles. The molecular weight excluding hydrogens is 344 g/mol. The van der Waals surface area contributed by atoms with Crippen molar-refractivity contribution in [3.05, 3.63) is 77.5 Å². The molecule has 2 aliphatic rings. The summed E-state index contributed by atoms with van der Waals surface area (Å²) in [5, 5.41) is 19.7. The van der Waals surface area contributed by atoms with Gasteiger partial charge in [-0.25, -0.2) is 0 Å². The van der Waals surface area contributed by atoms with E-state index in [1.165, 1.54) is 0 Å². The zero-order valence-electron chi connectivity index (χ0n) is 15.4. The molecule has 2 aliphatic heterocycles. The van der Waals surface area contributed by atoms with Crippen LogP contribution in [0, 0.1) is 0 Å². The first-order chi connectivity index (χ1) is 13.0. The number of hydrogen-bond acceptors (Lipinski definition) is 5. The summed E-state index contributed by atoms with van der Waals surface area (Å²) in [5.74, 6) is -0.170. The second-order valence-corrected chi connectivity index (χ2v) is 7.32. The van der Waals surface area contributed by atoms with E-state index in [4.69, 9.17) is 14.2 Å². The zero-order valence-corrected chi connectivity index (χ0v) is 15.4. The van der Waals surface area contributed by atoms with Gasteiger partial charge in [-0.2, -0.15) is 0 Å². The van der Waals surface area contributed by atoms with Gasteiger partial charge in [-0.1, -0.05) is 60.7 Å². The van der Waals surface area contributed by atoms with E-state index in [2.05, 4.69) is 0 Å². The van der Waals surface area contributed by atoms with Crippen LogP contribution in [0.15, 0.2) is 66.4 Å². The summed E-state index contributed by atoms with van der Waals surface area (Å²) in [6.07, 6.45) is -2.69. The summed E-state index contributed by atoms with van der Waals surface area (Å²) >= 11 is 0. The highest BCUT2D eigenvalue weighted by molar-refractivity contribution is 5.82. The Labute approximate surface area is 158 Å². The Morgan fingerprint density at radius 1 is 0.963 bits per heavy atom. The third kappa shape index (κ3) is 3.39. The molecule has 5 heteroatoms. The van der Waals surface area contributed by atoms with Gasteiger partial charge in [-0.05, 0) is 25.0 Å². The number of fused-ring (bicyclic) bond motifs is 1. The maximum Gasteiger partial charge on any atom is 0.164 e. The molecule has 0 spiro atoms. The van der Waals surface area contributed by atoms with Crippen molar-refractivity contribution in [2.45, 2.75) is 44.1 Å². The predicted octanol–water partition coefficient (Wildman–Crippen LogP) is 2.72. The molecule has 2 N–H and O–H groups in total. The zero-order chi connectivity index (χ0) is 19.0. The quantitative estimate of drug-likeness (QED) is 0.869. The van der Waals surface area contributed by atoms with Gasteiger partial charge in [0.1, 0.15) is 24.1 Å². The molecule has 0 amide bonds. The van der Waals surface area contributed by atoms with E-state index in [-0.39, 0.29) is 0 Å². The van der Waals surface area contributed by atoms with E-state index in [1.807, 2.05) is 74.5 Å². The molecule has 0 bridgehead atoms. The van der Waals surface area contributed by atoms with Gasteiger partial charge in [0, 0.05) is 5.57 Å². The first-order valence-corrected chi connectivity index (χ1v) is 9.16. The maximum atomic E-state index is 10.3. The third-order valence-electron chi connectivity index (χ3n) is 4.91. The third-order valence-corrected chi connectivity index (χ3v) is 4.91. The predicted molar refractivity (Wildman–Crippen MR) is 101 cm³/mol. The Hall–Kier alpha value is -2.18. The molecule has 4 rings (SSSR count).